The van der Waals surface area contributed by atoms with Crippen LogP contribution in [0.2, 0.25) is 0 Å². The average molecular weight is 335 g/mol. The molecule has 0 bridgehead atoms. The van der Waals surface area contributed by atoms with Crippen molar-refractivity contribution in [3.8, 4) is 5.75 Å². The fraction of sp³-hybridized carbons (Fsp3) is 0.188. The summed E-state index contributed by atoms with van der Waals surface area (Å²) in [4.78, 5) is 10.7. The summed E-state index contributed by atoms with van der Waals surface area (Å²) < 4.78 is 5.65. The molecule has 4 nitrogen and oxygen atoms in total. The molecule has 2 aromatic carbocycles. The number of carboxylic acid groups (broad SMARTS) is 1. The molecule has 21 heavy (non-hydrogen) atoms. The van der Waals surface area contributed by atoms with Gasteiger partial charge in [-0.2, -0.15) is 0 Å². The SMILES string of the molecule is N[C@@H](Cc1ccc(OCc2ccccc2)cc1)C(=O)O.[Cu]. The molecule has 0 heterocycles. The van der Waals surface area contributed by atoms with Crippen LogP contribution in [0.3, 0.4) is 0 Å². The third-order valence-corrected chi connectivity index (χ3v) is 2.94. The Hall–Kier alpha value is -1.81. The van der Waals surface area contributed by atoms with Gasteiger partial charge in [0.2, 0.25) is 0 Å². The first-order valence-corrected chi connectivity index (χ1v) is 6.39. The summed E-state index contributed by atoms with van der Waals surface area (Å²) in [5.41, 5.74) is 7.47. The normalized spacial score (nSPS) is 11.3. The second kappa shape index (κ2) is 8.47. The molecule has 0 fully saturated rings. The Balaban J connectivity index is 0.00000220. The second-order valence-electron chi connectivity index (χ2n) is 4.57. The maximum atomic E-state index is 10.7. The van der Waals surface area contributed by atoms with Crippen molar-refractivity contribution in [2.75, 3.05) is 0 Å². The van der Waals surface area contributed by atoms with E-state index in [0.29, 0.717) is 13.0 Å². The molecule has 0 unspecified atom stereocenters. The maximum Gasteiger partial charge on any atom is 0.320 e. The molecule has 1 atom stereocenters. The van der Waals surface area contributed by atoms with Crippen LogP contribution < -0.4 is 10.5 Å². The zero-order valence-corrected chi connectivity index (χ0v) is 12.3. The van der Waals surface area contributed by atoms with Crippen LogP contribution in [0.25, 0.3) is 0 Å². The number of ether oxygens (including phenoxy) is 1. The minimum atomic E-state index is -0.991. The molecule has 1 radical (unpaired) electrons. The molecule has 5 heteroatoms. The van der Waals surface area contributed by atoms with Crippen LogP contribution in [-0.4, -0.2) is 17.1 Å². The Labute approximate surface area is 134 Å². The Morgan fingerprint density at radius 3 is 2.24 bits per heavy atom. The van der Waals surface area contributed by atoms with E-state index >= 15 is 0 Å². The molecule has 0 aliphatic rings. The van der Waals surface area contributed by atoms with Crippen LogP contribution in [0.5, 0.6) is 5.75 Å². The van der Waals surface area contributed by atoms with E-state index in [4.69, 9.17) is 15.6 Å². The Morgan fingerprint density at radius 1 is 1.05 bits per heavy atom. The van der Waals surface area contributed by atoms with Crippen LogP contribution in [0.1, 0.15) is 11.1 Å². The Kier molecular flexibility index (Phi) is 6.95. The van der Waals surface area contributed by atoms with Crippen molar-refractivity contribution in [1.82, 2.24) is 0 Å². The van der Waals surface area contributed by atoms with Gasteiger partial charge in [-0.15, -0.1) is 0 Å². The Morgan fingerprint density at radius 2 is 1.67 bits per heavy atom. The number of hydrogen-bond acceptors (Lipinski definition) is 3. The molecule has 3 N–H and O–H groups in total. The van der Waals surface area contributed by atoms with Crippen molar-refractivity contribution in [2.45, 2.75) is 19.1 Å². The summed E-state index contributed by atoms with van der Waals surface area (Å²) >= 11 is 0. The number of benzene rings is 2. The Bertz CT molecular complexity index is 557. The summed E-state index contributed by atoms with van der Waals surface area (Å²) in [6, 6.07) is 16.4. The van der Waals surface area contributed by atoms with Crippen LogP contribution in [0, 0.1) is 0 Å². The van der Waals surface area contributed by atoms with E-state index in [2.05, 4.69) is 0 Å². The largest absolute Gasteiger partial charge is 0.489 e. The van der Waals surface area contributed by atoms with Gasteiger partial charge < -0.3 is 15.6 Å². The quantitative estimate of drug-likeness (QED) is 0.794. The fourth-order valence-electron chi connectivity index (χ4n) is 1.80. The second-order valence-corrected chi connectivity index (χ2v) is 4.57. The van der Waals surface area contributed by atoms with Crippen molar-refractivity contribution in [2.24, 2.45) is 5.73 Å². The molecule has 2 rings (SSSR count). The van der Waals surface area contributed by atoms with Crippen molar-refractivity contribution >= 4 is 5.97 Å². The average Bonchev–Trinajstić information content (AvgIpc) is 2.47. The number of nitrogens with two attached hydrogens (primary N) is 1. The van der Waals surface area contributed by atoms with Crippen molar-refractivity contribution in [3.63, 3.8) is 0 Å². The van der Waals surface area contributed by atoms with Gasteiger partial charge in [0.05, 0.1) is 0 Å². The van der Waals surface area contributed by atoms with Gasteiger partial charge in [-0.05, 0) is 29.7 Å². The number of aliphatic carboxylic acids is 1. The number of hydrogen-bond donors (Lipinski definition) is 2. The molecule has 2 aromatic rings. The van der Waals surface area contributed by atoms with Gasteiger partial charge in [-0.3, -0.25) is 4.79 Å². The van der Waals surface area contributed by atoms with Crippen molar-refractivity contribution in [3.05, 3.63) is 65.7 Å². The van der Waals surface area contributed by atoms with E-state index < -0.39 is 12.0 Å². The van der Waals surface area contributed by atoms with Crippen LogP contribution in [0.4, 0.5) is 0 Å². The minimum Gasteiger partial charge on any atom is -0.489 e. The van der Waals surface area contributed by atoms with Crippen LogP contribution in [-0.2, 0) is 34.9 Å². The van der Waals surface area contributed by atoms with E-state index in [-0.39, 0.29) is 17.1 Å². The predicted octanol–water partition coefficient (Wildman–Crippen LogP) is 2.22. The van der Waals surface area contributed by atoms with Crippen LogP contribution >= 0.6 is 0 Å². The third-order valence-electron chi connectivity index (χ3n) is 2.94. The van der Waals surface area contributed by atoms with E-state index in [1.807, 2.05) is 54.6 Å². The standard InChI is InChI=1S/C16H17NO3.Cu/c17-15(16(18)19)10-12-6-8-14(9-7-12)20-11-13-4-2-1-3-5-13;/h1-9,15H,10-11,17H2,(H,18,19);/t15-;/m0./s1. The molecule has 115 valence electrons. The maximum absolute atomic E-state index is 10.7. The van der Waals surface area contributed by atoms with Gasteiger partial charge in [0, 0.05) is 17.1 Å². The van der Waals surface area contributed by atoms with Gasteiger partial charge >= 0.3 is 5.97 Å². The molecular formula is C16H17CuNO3. The molecule has 0 aromatic heterocycles. The van der Waals surface area contributed by atoms with Gasteiger partial charge in [-0.25, -0.2) is 0 Å². The molecule has 0 saturated heterocycles. The van der Waals surface area contributed by atoms with E-state index in [1.54, 1.807) is 0 Å². The smallest absolute Gasteiger partial charge is 0.320 e. The van der Waals surface area contributed by atoms with E-state index in [1.165, 1.54) is 0 Å². The van der Waals surface area contributed by atoms with Gasteiger partial charge in [0.1, 0.15) is 18.4 Å². The summed E-state index contributed by atoms with van der Waals surface area (Å²) in [5, 5.41) is 8.76. The summed E-state index contributed by atoms with van der Waals surface area (Å²) in [7, 11) is 0. The molecule has 0 aliphatic heterocycles. The molecule has 0 aliphatic carbocycles. The molecule has 0 amide bonds. The number of rotatable bonds is 6. The van der Waals surface area contributed by atoms with Crippen LogP contribution in [0.15, 0.2) is 54.6 Å². The molecule has 0 spiro atoms. The number of carboxylic acids is 1. The first-order valence-electron chi connectivity index (χ1n) is 6.39. The van der Waals surface area contributed by atoms with E-state index in [0.717, 1.165) is 16.9 Å². The predicted molar refractivity (Wildman–Crippen MR) is 76.5 cm³/mol. The molecular weight excluding hydrogens is 318 g/mol. The number of carbonyl (C=O) groups is 1. The first kappa shape index (κ1) is 17.2. The minimum absolute atomic E-state index is 0. The first-order chi connectivity index (χ1) is 9.65. The topological polar surface area (TPSA) is 72.5 Å². The molecule has 0 saturated carbocycles. The summed E-state index contributed by atoms with van der Waals surface area (Å²) in [5.74, 6) is -0.240. The van der Waals surface area contributed by atoms with E-state index in [9.17, 15) is 4.79 Å². The van der Waals surface area contributed by atoms with Gasteiger partial charge in [0.15, 0.2) is 0 Å². The third kappa shape index (κ3) is 5.60. The fourth-order valence-corrected chi connectivity index (χ4v) is 1.80. The zero-order chi connectivity index (χ0) is 14.4. The monoisotopic (exact) mass is 334 g/mol. The summed E-state index contributed by atoms with van der Waals surface area (Å²) in [6.45, 7) is 0.509. The van der Waals surface area contributed by atoms with Gasteiger partial charge in [0.25, 0.3) is 0 Å². The van der Waals surface area contributed by atoms with Gasteiger partial charge in [-0.1, -0.05) is 42.5 Å². The zero-order valence-electron chi connectivity index (χ0n) is 11.3. The summed E-state index contributed by atoms with van der Waals surface area (Å²) in [6.07, 6.45) is 0.314. The van der Waals surface area contributed by atoms with Crippen molar-refractivity contribution in [1.29, 1.82) is 0 Å². The van der Waals surface area contributed by atoms with Crippen molar-refractivity contribution < 1.29 is 31.7 Å².